The Morgan fingerprint density at radius 2 is 0.627 bits per heavy atom. The molecule has 0 saturated heterocycles. The molecule has 0 rings (SSSR count). The monoisotopic (exact) mass is 1060 g/mol. The van der Waals surface area contributed by atoms with Crippen molar-refractivity contribution in [3.8, 4) is 0 Å². The van der Waals surface area contributed by atoms with Gasteiger partial charge in [0.15, 0.2) is 0 Å². The maximum atomic E-state index is 12.5. The third-order valence-corrected chi connectivity index (χ3v) is 16.0. The number of ether oxygens (including phenoxy) is 1. The number of aliphatic hydroxyl groups is 2. The lowest BCUT2D eigenvalue weighted by Crippen LogP contribution is -2.45. The highest BCUT2D eigenvalue weighted by molar-refractivity contribution is 5.76. The zero-order valence-electron chi connectivity index (χ0n) is 50.8. The van der Waals surface area contributed by atoms with Gasteiger partial charge >= 0.3 is 5.97 Å². The molecular weight excluding hydrogens is 923 g/mol. The van der Waals surface area contributed by atoms with E-state index in [0.29, 0.717) is 25.9 Å². The first-order valence-electron chi connectivity index (χ1n) is 34.1. The maximum Gasteiger partial charge on any atom is 0.305 e. The van der Waals surface area contributed by atoms with Crippen LogP contribution in [0, 0.1) is 0 Å². The third kappa shape index (κ3) is 61.4. The molecule has 0 aromatic rings. The zero-order valence-corrected chi connectivity index (χ0v) is 50.8. The van der Waals surface area contributed by atoms with Gasteiger partial charge in [-0.15, -0.1) is 0 Å². The van der Waals surface area contributed by atoms with Crippen molar-refractivity contribution in [2.75, 3.05) is 13.2 Å². The number of amides is 1. The van der Waals surface area contributed by atoms with Gasteiger partial charge in [-0.25, -0.2) is 0 Å². The zero-order chi connectivity index (χ0) is 54.3. The van der Waals surface area contributed by atoms with Gasteiger partial charge in [-0.2, -0.15) is 0 Å². The number of allylic oxidation sites excluding steroid dienone is 4. The van der Waals surface area contributed by atoms with E-state index in [9.17, 15) is 19.8 Å². The van der Waals surface area contributed by atoms with Crippen molar-refractivity contribution in [3.63, 3.8) is 0 Å². The molecule has 2 unspecified atom stereocenters. The molecule has 3 N–H and O–H groups in total. The molecule has 0 radical (unpaired) electrons. The Bertz CT molecular complexity index is 1170. The molecule has 0 fully saturated rings. The van der Waals surface area contributed by atoms with E-state index in [1.165, 1.54) is 302 Å². The molecule has 0 heterocycles. The minimum absolute atomic E-state index is 0.00214. The molecule has 6 nitrogen and oxygen atoms in total. The average Bonchev–Trinajstić information content (AvgIpc) is 3.41. The average molecular weight is 1060 g/mol. The molecule has 75 heavy (non-hydrogen) atoms. The minimum Gasteiger partial charge on any atom is -0.466 e. The normalized spacial score (nSPS) is 12.6. The Hall–Kier alpha value is -1.66. The molecular formula is C69H133NO5. The molecule has 0 aliphatic carbocycles. The van der Waals surface area contributed by atoms with Crippen LogP contribution in [0.1, 0.15) is 380 Å². The first-order valence-corrected chi connectivity index (χ1v) is 34.1. The van der Waals surface area contributed by atoms with Gasteiger partial charge in [-0.3, -0.25) is 9.59 Å². The molecule has 0 bridgehead atoms. The Kier molecular flexibility index (Phi) is 63.4. The number of esters is 1. The highest BCUT2D eigenvalue weighted by atomic mass is 16.5. The van der Waals surface area contributed by atoms with Crippen molar-refractivity contribution >= 4 is 11.9 Å². The van der Waals surface area contributed by atoms with Crippen LogP contribution in [0.25, 0.3) is 0 Å². The fourth-order valence-corrected chi connectivity index (χ4v) is 10.7. The second-order valence-corrected chi connectivity index (χ2v) is 23.5. The summed E-state index contributed by atoms with van der Waals surface area (Å²) in [7, 11) is 0. The van der Waals surface area contributed by atoms with Crippen LogP contribution in [0.15, 0.2) is 24.3 Å². The second-order valence-electron chi connectivity index (χ2n) is 23.5. The quantitative estimate of drug-likeness (QED) is 0.0320. The van der Waals surface area contributed by atoms with Crippen molar-refractivity contribution in [2.45, 2.75) is 392 Å². The van der Waals surface area contributed by atoms with E-state index in [4.69, 9.17) is 4.74 Å². The van der Waals surface area contributed by atoms with Gasteiger partial charge < -0.3 is 20.3 Å². The van der Waals surface area contributed by atoms with Crippen molar-refractivity contribution in [3.05, 3.63) is 24.3 Å². The Balaban J connectivity index is 3.43. The van der Waals surface area contributed by atoms with Crippen LogP contribution >= 0.6 is 0 Å². The molecule has 0 aliphatic heterocycles. The summed E-state index contributed by atoms with van der Waals surface area (Å²) >= 11 is 0. The summed E-state index contributed by atoms with van der Waals surface area (Å²) in [5.74, 6) is -0.0415. The lowest BCUT2D eigenvalue weighted by atomic mass is 10.0. The maximum absolute atomic E-state index is 12.5. The van der Waals surface area contributed by atoms with Gasteiger partial charge in [0.2, 0.25) is 5.91 Å². The van der Waals surface area contributed by atoms with Crippen molar-refractivity contribution in [1.82, 2.24) is 5.32 Å². The summed E-state index contributed by atoms with van der Waals surface area (Å²) in [4.78, 5) is 24.6. The second kappa shape index (κ2) is 64.9. The number of carbonyl (C=O) groups is 2. The van der Waals surface area contributed by atoms with Crippen molar-refractivity contribution in [2.24, 2.45) is 0 Å². The highest BCUT2D eigenvalue weighted by Crippen LogP contribution is 2.18. The summed E-state index contributed by atoms with van der Waals surface area (Å²) in [6.45, 7) is 4.96. The van der Waals surface area contributed by atoms with Gasteiger partial charge in [0.05, 0.1) is 25.4 Å². The Labute approximate surface area is 469 Å². The van der Waals surface area contributed by atoms with Gasteiger partial charge in [-0.05, 0) is 77.0 Å². The lowest BCUT2D eigenvalue weighted by molar-refractivity contribution is -0.143. The van der Waals surface area contributed by atoms with E-state index in [1.54, 1.807) is 0 Å². The molecule has 0 aliphatic rings. The lowest BCUT2D eigenvalue weighted by Gasteiger charge is -2.22. The molecule has 0 saturated carbocycles. The largest absolute Gasteiger partial charge is 0.466 e. The Morgan fingerprint density at radius 3 is 0.960 bits per heavy atom. The van der Waals surface area contributed by atoms with Gasteiger partial charge in [0, 0.05) is 12.8 Å². The Morgan fingerprint density at radius 1 is 0.360 bits per heavy atom. The van der Waals surface area contributed by atoms with E-state index in [0.717, 1.165) is 44.9 Å². The summed E-state index contributed by atoms with van der Waals surface area (Å²) < 4.78 is 5.47. The fraction of sp³-hybridized carbons (Fsp3) is 0.913. The summed E-state index contributed by atoms with van der Waals surface area (Å²) in [5, 5.41) is 23.4. The molecule has 0 aromatic heterocycles. The molecule has 0 aromatic carbocycles. The van der Waals surface area contributed by atoms with Crippen LogP contribution in [0.4, 0.5) is 0 Å². The summed E-state index contributed by atoms with van der Waals surface area (Å²) in [6.07, 6.45) is 80.7. The van der Waals surface area contributed by atoms with Crippen molar-refractivity contribution in [1.29, 1.82) is 0 Å². The molecule has 2 atom stereocenters. The van der Waals surface area contributed by atoms with E-state index >= 15 is 0 Å². The molecule has 1 amide bonds. The predicted octanol–water partition coefficient (Wildman–Crippen LogP) is 21.8. The number of hydrogen-bond donors (Lipinski definition) is 3. The third-order valence-electron chi connectivity index (χ3n) is 16.0. The summed E-state index contributed by atoms with van der Waals surface area (Å²) in [6, 6.07) is -0.549. The number of nitrogens with one attached hydrogen (secondary N) is 1. The SMILES string of the molecule is CCCCCC/C=C\CCCCCCCC(=O)OCCCCCCCCCCC/C=C\CCCCCCCCCC(=O)NC(CO)C(O)CCCCCCCCCCCCCCCCCCCCCCCCCCC. The number of hydrogen-bond acceptors (Lipinski definition) is 5. The number of unbranched alkanes of at least 4 members (excludes halogenated alkanes) is 49. The van der Waals surface area contributed by atoms with E-state index in [1.807, 2.05) is 0 Å². The van der Waals surface area contributed by atoms with E-state index < -0.39 is 12.1 Å². The molecule has 444 valence electrons. The fourth-order valence-electron chi connectivity index (χ4n) is 10.7. The van der Waals surface area contributed by atoms with E-state index in [2.05, 4.69) is 43.5 Å². The predicted molar refractivity (Wildman–Crippen MR) is 329 cm³/mol. The first kappa shape index (κ1) is 73.3. The number of aliphatic hydroxyl groups excluding tert-OH is 2. The minimum atomic E-state index is -0.671. The van der Waals surface area contributed by atoms with Gasteiger partial charge in [-0.1, -0.05) is 314 Å². The van der Waals surface area contributed by atoms with Crippen LogP contribution in [0.5, 0.6) is 0 Å². The number of rotatable bonds is 64. The van der Waals surface area contributed by atoms with Crippen LogP contribution in [-0.4, -0.2) is 47.4 Å². The van der Waals surface area contributed by atoms with Gasteiger partial charge in [0.25, 0.3) is 0 Å². The van der Waals surface area contributed by atoms with Crippen LogP contribution in [0.3, 0.4) is 0 Å². The van der Waals surface area contributed by atoms with Crippen LogP contribution < -0.4 is 5.32 Å². The van der Waals surface area contributed by atoms with E-state index in [-0.39, 0.29) is 18.5 Å². The molecule has 0 spiro atoms. The van der Waals surface area contributed by atoms with Crippen molar-refractivity contribution < 1.29 is 24.5 Å². The first-order chi connectivity index (χ1) is 37.0. The topological polar surface area (TPSA) is 95.9 Å². The smallest absolute Gasteiger partial charge is 0.305 e. The van der Waals surface area contributed by atoms with Crippen LogP contribution in [0.2, 0.25) is 0 Å². The van der Waals surface area contributed by atoms with Gasteiger partial charge in [0.1, 0.15) is 0 Å². The summed E-state index contributed by atoms with van der Waals surface area (Å²) in [5.41, 5.74) is 0. The molecule has 6 heteroatoms. The standard InChI is InChI=1S/C69H133NO5/c1-3-5-7-9-11-13-15-17-18-19-20-21-22-23-24-25-28-31-34-38-41-45-49-53-57-61-67(72)66(65-71)70-68(73)62-58-54-50-46-42-39-35-32-29-26-27-30-33-36-40-44-48-52-56-60-64-75-69(74)63-59-55-51-47-43-37-16-14-12-10-8-6-4-2/h14,16,26,29,66-67,71-72H,3-13,15,17-25,27-28,30-65H2,1-2H3,(H,70,73)/b16-14-,29-26-. The van der Waals surface area contributed by atoms with Crippen LogP contribution in [-0.2, 0) is 14.3 Å². The highest BCUT2D eigenvalue weighted by Gasteiger charge is 2.20. The number of carbonyl (C=O) groups excluding carboxylic acids is 2.